The number of hydrogen-bond acceptors (Lipinski definition) is 2. The van der Waals surface area contributed by atoms with Gasteiger partial charge in [-0.2, -0.15) is 0 Å². The molecular weight excluding hydrogens is 334 g/mol. The van der Waals surface area contributed by atoms with Crippen molar-refractivity contribution in [3.05, 3.63) is 102 Å². The number of hydrogen-bond donors (Lipinski definition) is 1. The Morgan fingerprint density at radius 1 is 0.889 bits per heavy atom. The van der Waals surface area contributed by atoms with Crippen molar-refractivity contribution >= 4 is 5.91 Å². The molecule has 0 aliphatic heterocycles. The van der Waals surface area contributed by atoms with Crippen LogP contribution in [0.5, 0.6) is 5.75 Å². The molecule has 0 aliphatic carbocycles. The summed E-state index contributed by atoms with van der Waals surface area (Å²) in [6.07, 6.45) is 1.11. The van der Waals surface area contributed by atoms with Crippen molar-refractivity contribution in [1.29, 1.82) is 0 Å². The van der Waals surface area contributed by atoms with E-state index in [9.17, 15) is 4.79 Å². The van der Waals surface area contributed by atoms with E-state index in [1.54, 1.807) is 0 Å². The van der Waals surface area contributed by atoms with Gasteiger partial charge in [-0.3, -0.25) is 4.79 Å². The average Bonchev–Trinajstić information content (AvgIpc) is 2.71. The van der Waals surface area contributed by atoms with Gasteiger partial charge in [0.15, 0.2) is 0 Å². The van der Waals surface area contributed by atoms with Crippen LogP contribution in [0.1, 0.15) is 35.6 Å². The second-order valence-electron chi connectivity index (χ2n) is 6.53. The fourth-order valence-corrected chi connectivity index (χ4v) is 3.07. The SMILES string of the molecule is Cc1ccccc1[C@@H](NC(=O)CCCOc1ccccc1)c1ccccc1. The molecule has 0 fully saturated rings. The molecule has 3 nitrogen and oxygen atoms in total. The Kier molecular flexibility index (Phi) is 6.64. The van der Waals surface area contributed by atoms with Gasteiger partial charge in [0.25, 0.3) is 0 Å². The summed E-state index contributed by atoms with van der Waals surface area (Å²) in [5, 5.41) is 3.19. The number of carbonyl (C=O) groups excluding carboxylic acids is 1. The molecule has 0 aliphatic rings. The van der Waals surface area contributed by atoms with Crippen LogP contribution in [0.25, 0.3) is 0 Å². The first-order chi connectivity index (χ1) is 13.2. The van der Waals surface area contributed by atoms with E-state index in [0.29, 0.717) is 19.4 Å². The molecule has 0 radical (unpaired) electrons. The van der Waals surface area contributed by atoms with Gasteiger partial charge in [0.05, 0.1) is 12.6 Å². The Morgan fingerprint density at radius 2 is 1.52 bits per heavy atom. The molecular formula is C24H25NO2. The summed E-state index contributed by atoms with van der Waals surface area (Å²) in [4.78, 5) is 12.6. The van der Waals surface area contributed by atoms with Crippen LogP contribution >= 0.6 is 0 Å². The van der Waals surface area contributed by atoms with E-state index in [4.69, 9.17) is 4.74 Å². The van der Waals surface area contributed by atoms with Crippen LogP contribution in [0.2, 0.25) is 0 Å². The number of benzene rings is 3. The van der Waals surface area contributed by atoms with Crippen molar-refractivity contribution in [3.63, 3.8) is 0 Å². The number of nitrogens with one attached hydrogen (secondary N) is 1. The average molecular weight is 359 g/mol. The molecule has 27 heavy (non-hydrogen) atoms. The minimum Gasteiger partial charge on any atom is -0.494 e. The number of ether oxygens (including phenoxy) is 1. The van der Waals surface area contributed by atoms with Crippen LogP contribution in [-0.4, -0.2) is 12.5 Å². The minimum atomic E-state index is -0.144. The molecule has 1 amide bonds. The lowest BCUT2D eigenvalue weighted by Gasteiger charge is -2.21. The first-order valence-corrected chi connectivity index (χ1v) is 9.32. The van der Waals surface area contributed by atoms with Crippen LogP contribution in [-0.2, 0) is 4.79 Å². The van der Waals surface area contributed by atoms with E-state index >= 15 is 0 Å². The summed E-state index contributed by atoms with van der Waals surface area (Å²) in [6.45, 7) is 2.60. The van der Waals surface area contributed by atoms with Gasteiger partial charge < -0.3 is 10.1 Å². The van der Waals surface area contributed by atoms with Gasteiger partial charge in [-0.1, -0.05) is 72.8 Å². The Labute approximate surface area is 161 Å². The molecule has 138 valence electrons. The molecule has 3 aromatic carbocycles. The molecule has 0 aromatic heterocycles. The molecule has 1 N–H and O–H groups in total. The predicted octanol–water partition coefficient (Wildman–Crippen LogP) is 5.06. The third kappa shape index (κ3) is 5.45. The lowest BCUT2D eigenvalue weighted by Crippen LogP contribution is -2.29. The molecule has 3 aromatic rings. The Morgan fingerprint density at radius 3 is 2.22 bits per heavy atom. The molecule has 0 heterocycles. The van der Waals surface area contributed by atoms with Crippen molar-refractivity contribution in [2.45, 2.75) is 25.8 Å². The second-order valence-corrected chi connectivity index (χ2v) is 6.53. The number of rotatable bonds is 8. The van der Waals surface area contributed by atoms with Gasteiger partial charge in [0, 0.05) is 6.42 Å². The maximum absolute atomic E-state index is 12.6. The van der Waals surface area contributed by atoms with E-state index in [0.717, 1.165) is 16.9 Å². The monoisotopic (exact) mass is 359 g/mol. The van der Waals surface area contributed by atoms with Crippen LogP contribution < -0.4 is 10.1 Å². The van der Waals surface area contributed by atoms with Gasteiger partial charge in [-0.05, 0) is 42.2 Å². The largest absolute Gasteiger partial charge is 0.494 e. The summed E-state index contributed by atoms with van der Waals surface area (Å²) < 4.78 is 5.67. The van der Waals surface area contributed by atoms with Crippen molar-refractivity contribution in [2.75, 3.05) is 6.61 Å². The highest BCUT2D eigenvalue weighted by Crippen LogP contribution is 2.25. The smallest absolute Gasteiger partial charge is 0.220 e. The van der Waals surface area contributed by atoms with Crippen LogP contribution in [0, 0.1) is 6.92 Å². The van der Waals surface area contributed by atoms with Crippen molar-refractivity contribution in [2.24, 2.45) is 0 Å². The molecule has 3 rings (SSSR count). The zero-order valence-corrected chi connectivity index (χ0v) is 15.6. The van der Waals surface area contributed by atoms with E-state index < -0.39 is 0 Å². The Bertz CT molecular complexity index is 847. The topological polar surface area (TPSA) is 38.3 Å². The van der Waals surface area contributed by atoms with Gasteiger partial charge in [0.1, 0.15) is 5.75 Å². The van der Waals surface area contributed by atoms with Gasteiger partial charge >= 0.3 is 0 Å². The van der Waals surface area contributed by atoms with Gasteiger partial charge in [-0.25, -0.2) is 0 Å². The highest BCUT2D eigenvalue weighted by Gasteiger charge is 2.18. The van der Waals surface area contributed by atoms with E-state index in [1.165, 1.54) is 5.56 Å². The minimum absolute atomic E-state index is 0.0313. The summed E-state index contributed by atoms with van der Waals surface area (Å²) >= 11 is 0. The highest BCUT2D eigenvalue weighted by molar-refractivity contribution is 5.77. The number of amides is 1. The van der Waals surface area contributed by atoms with Gasteiger partial charge in [0.2, 0.25) is 5.91 Å². The van der Waals surface area contributed by atoms with Crippen molar-refractivity contribution < 1.29 is 9.53 Å². The first-order valence-electron chi connectivity index (χ1n) is 9.32. The fourth-order valence-electron chi connectivity index (χ4n) is 3.07. The zero-order valence-electron chi connectivity index (χ0n) is 15.6. The molecule has 0 saturated carbocycles. The lowest BCUT2D eigenvalue weighted by molar-refractivity contribution is -0.121. The van der Waals surface area contributed by atoms with Gasteiger partial charge in [-0.15, -0.1) is 0 Å². The standard InChI is InChI=1S/C24H25NO2/c1-19-11-8-9-16-22(19)24(20-12-4-2-5-13-20)25-23(26)17-10-18-27-21-14-6-3-7-15-21/h2-9,11-16,24H,10,17-18H2,1H3,(H,25,26)/t24-/m0/s1. The number of aryl methyl sites for hydroxylation is 1. The first kappa shape index (κ1) is 18.7. The van der Waals surface area contributed by atoms with E-state index in [-0.39, 0.29) is 11.9 Å². The fraction of sp³-hybridized carbons (Fsp3) is 0.208. The van der Waals surface area contributed by atoms with Crippen molar-refractivity contribution in [1.82, 2.24) is 5.32 Å². The maximum Gasteiger partial charge on any atom is 0.220 e. The Balaban J connectivity index is 1.60. The van der Waals surface area contributed by atoms with E-state index in [1.807, 2.05) is 60.7 Å². The number of para-hydroxylation sites is 1. The second kappa shape index (κ2) is 9.58. The summed E-state index contributed by atoms with van der Waals surface area (Å²) in [7, 11) is 0. The summed E-state index contributed by atoms with van der Waals surface area (Å²) in [6, 6.07) is 27.8. The third-order valence-electron chi connectivity index (χ3n) is 4.50. The quantitative estimate of drug-likeness (QED) is 0.571. The zero-order chi connectivity index (χ0) is 18.9. The molecule has 3 heteroatoms. The molecule has 0 bridgehead atoms. The highest BCUT2D eigenvalue weighted by atomic mass is 16.5. The summed E-state index contributed by atoms with van der Waals surface area (Å²) in [5.74, 6) is 0.865. The number of carbonyl (C=O) groups is 1. The lowest BCUT2D eigenvalue weighted by atomic mass is 9.95. The predicted molar refractivity (Wildman–Crippen MR) is 109 cm³/mol. The van der Waals surface area contributed by atoms with Crippen LogP contribution in [0.15, 0.2) is 84.9 Å². The van der Waals surface area contributed by atoms with Crippen LogP contribution in [0.4, 0.5) is 0 Å². The maximum atomic E-state index is 12.6. The van der Waals surface area contributed by atoms with E-state index in [2.05, 4.69) is 36.5 Å². The molecule has 0 spiro atoms. The Hall–Kier alpha value is -3.07. The summed E-state index contributed by atoms with van der Waals surface area (Å²) in [5.41, 5.74) is 3.37. The molecule has 0 saturated heterocycles. The van der Waals surface area contributed by atoms with Crippen molar-refractivity contribution in [3.8, 4) is 5.75 Å². The third-order valence-corrected chi connectivity index (χ3v) is 4.50. The molecule has 0 unspecified atom stereocenters. The molecule has 1 atom stereocenters. The van der Waals surface area contributed by atoms with Crippen LogP contribution in [0.3, 0.4) is 0 Å². The normalized spacial score (nSPS) is 11.6.